The Morgan fingerprint density at radius 3 is 1.50 bits per heavy atom. The second kappa shape index (κ2) is 12.9. The topological polar surface area (TPSA) is 6.48 Å². The molecule has 1 aliphatic heterocycles. The molecule has 2 unspecified atom stereocenters. The van der Waals surface area contributed by atoms with E-state index in [1.54, 1.807) is 0 Å². The first-order valence-corrected chi connectivity index (χ1v) is 17.4. The zero-order valence-electron chi connectivity index (χ0n) is 27.7. The highest BCUT2D eigenvalue weighted by atomic mass is 15.2. The van der Waals surface area contributed by atoms with Crippen molar-refractivity contribution < 1.29 is 0 Å². The van der Waals surface area contributed by atoms with E-state index in [2.05, 4.69) is 216 Å². The Hall–Kier alpha value is -6.38. The van der Waals surface area contributed by atoms with E-state index < -0.39 is 0 Å². The fourth-order valence-corrected chi connectivity index (χ4v) is 7.67. The van der Waals surface area contributed by atoms with Crippen LogP contribution in [-0.4, -0.2) is 6.04 Å². The van der Waals surface area contributed by atoms with Crippen molar-refractivity contribution in [2.45, 2.75) is 12.0 Å². The van der Waals surface area contributed by atoms with E-state index in [9.17, 15) is 0 Å². The van der Waals surface area contributed by atoms with Crippen LogP contribution in [0.2, 0.25) is 0 Å². The highest BCUT2D eigenvalue weighted by molar-refractivity contribution is 5.95. The van der Waals surface area contributed by atoms with Crippen molar-refractivity contribution in [1.29, 1.82) is 0 Å². The van der Waals surface area contributed by atoms with Gasteiger partial charge in [0.1, 0.15) is 0 Å². The number of anilines is 5. The number of nitrogens with zero attached hydrogens (tertiary/aromatic N) is 2. The van der Waals surface area contributed by atoms with Crippen LogP contribution in [0.5, 0.6) is 0 Å². The van der Waals surface area contributed by atoms with Gasteiger partial charge in [0.2, 0.25) is 0 Å². The van der Waals surface area contributed by atoms with Gasteiger partial charge >= 0.3 is 0 Å². The summed E-state index contributed by atoms with van der Waals surface area (Å²) >= 11 is 0. The molecular weight excluding hydrogens is 605 g/mol. The summed E-state index contributed by atoms with van der Waals surface area (Å²) in [7, 11) is 0. The predicted octanol–water partition coefficient (Wildman–Crippen LogP) is 12.9. The number of rotatable bonds is 7. The molecule has 0 spiro atoms. The van der Waals surface area contributed by atoms with Gasteiger partial charge in [0, 0.05) is 39.8 Å². The maximum atomic E-state index is 2.54. The molecule has 2 nitrogen and oxygen atoms in total. The molecule has 0 fully saturated rings. The van der Waals surface area contributed by atoms with Crippen LogP contribution in [0.1, 0.15) is 11.5 Å². The Kier molecular flexibility index (Phi) is 7.68. The minimum absolute atomic E-state index is 0.220. The van der Waals surface area contributed by atoms with Crippen LogP contribution < -0.4 is 9.80 Å². The lowest BCUT2D eigenvalue weighted by atomic mass is 9.91. The quantitative estimate of drug-likeness (QED) is 0.171. The smallest absolute Gasteiger partial charge is 0.0629 e. The lowest BCUT2D eigenvalue weighted by Gasteiger charge is -2.32. The van der Waals surface area contributed by atoms with Crippen LogP contribution >= 0.6 is 0 Å². The summed E-state index contributed by atoms with van der Waals surface area (Å²) < 4.78 is 0. The molecule has 2 heteroatoms. The summed E-state index contributed by atoms with van der Waals surface area (Å²) in [6, 6.07) is 65.9. The van der Waals surface area contributed by atoms with Gasteiger partial charge in [0.05, 0.1) is 11.7 Å². The minimum Gasteiger partial charge on any atom is -0.333 e. The third kappa shape index (κ3) is 5.32. The Labute approximate surface area is 294 Å². The Morgan fingerprint density at radius 2 is 0.860 bits per heavy atom. The monoisotopic (exact) mass is 640 g/mol. The summed E-state index contributed by atoms with van der Waals surface area (Å²) in [5, 5.41) is 0. The number of hydrogen-bond acceptors (Lipinski definition) is 2. The van der Waals surface area contributed by atoms with Crippen molar-refractivity contribution in [3.63, 3.8) is 0 Å². The summed E-state index contributed by atoms with van der Waals surface area (Å²) in [6.45, 7) is 0. The van der Waals surface area contributed by atoms with Crippen molar-refractivity contribution in [2.24, 2.45) is 0 Å². The van der Waals surface area contributed by atoms with Gasteiger partial charge in [-0.2, -0.15) is 0 Å². The van der Waals surface area contributed by atoms with E-state index in [-0.39, 0.29) is 6.04 Å². The summed E-state index contributed by atoms with van der Waals surface area (Å²) in [5.74, 6) is 0.322. The van der Waals surface area contributed by atoms with E-state index in [4.69, 9.17) is 0 Å². The van der Waals surface area contributed by atoms with Gasteiger partial charge in [-0.25, -0.2) is 0 Å². The molecule has 7 aromatic rings. The lowest BCUT2D eigenvalue weighted by molar-refractivity contribution is 0.745. The van der Waals surface area contributed by atoms with Crippen molar-refractivity contribution in [2.75, 3.05) is 9.80 Å². The van der Waals surface area contributed by atoms with Gasteiger partial charge in [-0.3, -0.25) is 0 Å². The van der Waals surface area contributed by atoms with Crippen LogP contribution in [0, 0.1) is 0 Å². The normalized spacial score (nSPS) is 15.8. The lowest BCUT2D eigenvalue weighted by Crippen LogP contribution is -2.29. The average molecular weight is 641 g/mol. The van der Waals surface area contributed by atoms with E-state index in [0.717, 1.165) is 17.1 Å². The molecular formula is C48H36N2. The highest BCUT2D eigenvalue weighted by Gasteiger charge is 2.38. The Bertz CT molecular complexity index is 2240. The van der Waals surface area contributed by atoms with Crippen LogP contribution in [0.15, 0.2) is 206 Å². The molecule has 9 rings (SSSR count). The molecule has 238 valence electrons. The van der Waals surface area contributed by atoms with E-state index in [1.165, 1.54) is 50.3 Å². The zero-order chi connectivity index (χ0) is 33.3. The van der Waals surface area contributed by atoms with Gasteiger partial charge in [-0.15, -0.1) is 0 Å². The largest absolute Gasteiger partial charge is 0.333 e. The first kappa shape index (κ1) is 29.7. The number of fused-ring (bicyclic) bond motifs is 3. The minimum atomic E-state index is 0.220. The Balaban J connectivity index is 1.19. The molecule has 2 aliphatic rings. The first-order chi connectivity index (χ1) is 24.8. The molecule has 1 aliphatic carbocycles. The van der Waals surface area contributed by atoms with E-state index in [0.29, 0.717) is 5.92 Å². The second-order valence-corrected chi connectivity index (χ2v) is 12.9. The van der Waals surface area contributed by atoms with E-state index in [1.807, 2.05) is 0 Å². The average Bonchev–Trinajstić information content (AvgIpc) is 3.54. The van der Waals surface area contributed by atoms with Crippen LogP contribution in [0.25, 0.3) is 33.4 Å². The predicted molar refractivity (Wildman–Crippen MR) is 211 cm³/mol. The zero-order valence-corrected chi connectivity index (χ0v) is 27.7. The maximum absolute atomic E-state index is 2.54. The molecule has 0 amide bonds. The van der Waals surface area contributed by atoms with Gasteiger partial charge in [-0.1, -0.05) is 164 Å². The number of allylic oxidation sites excluding steroid dienone is 2. The van der Waals surface area contributed by atoms with Crippen LogP contribution in [0.3, 0.4) is 0 Å². The first-order valence-electron chi connectivity index (χ1n) is 17.4. The van der Waals surface area contributed by atoms with Gasteiger partial charge in [-0.05, 0) is 70.3 Å². The van der Waals surface area contributed by atoms with Gasteiger partial charge in [0.25, 0.3) is 0 Å². The molecule has 1 heterocycles. The van der Waals surface area contributed by atoms with Crippen LogP contribution in [0.4, 0.5) is 28.4 Å². The molecule has 0 saturated heterocycles. The van der Waals surface area contributed by atoms with Crippen LogP contribution in [-0.2, 0) is 0 Å². The highest BCUT2D eigenvalue weighted by Crippen LogP contribution is 2.51. The summed E-state index contributed by atoms with van der Waals surface area (Å²) in [6.07, 6.45) is 9.07. The van der Waals surface area contributed by atoms with Crippen molar-refractivity contribution >= 4 is 28.4 Å². The molecule has 0 saturated carbocycles. The third-order valence-corrected chi connectivity index (χ3v) is 10.0. The van der Waals surface area contributed by atoms with E-state index >= 15 is 0 Å². The molecule has 0 aromatic heterocycles. The molecule has 0 N–H and O–H groups in total. The summed E-state index contributed by atoms with van der Waals surface area (Å²) in [5.41, 5.74) is 14.4. The van der Waals surface area contributed by atoms with Gasteiger partial charge in [0.15, 0.2) is 0 Å². The number of para-hydroxylation sites is 3. The SMILES string of the molecule is C1=CC2c3ccccc3N(c3ccccc3-c3ccccc3N(c3ccc(-c4ccccc4)cc3)c3ccc(-c4ccccc4)cc3)C2C=C1. The van der Waals surface area contributed by atoms with Crippen molar-refractivity contribution in [3.8, 4) is 33.4 Å². The third-order valence-electron chi connectivity index (χ3n) is 10.0. The molecule has 50 heavy (non-hydrogen) atoms. The molecule has 7 aromatic carbocycles. The second-order valence-electron chi connectivity index (χ2n) is 12.9. The molecule has 0 radical (unpaired) electrons. The van der Waals surface area contributed by atoms with Crippen molar-refractivity contribution in [3.05, 3.63) is 212 Å². The fourth-order valence-electron chi connectivity index (χ4n) is 7.67. The number of benzene rings is 7. The fraction of sp³-hybridized carbons (Fsp3) is 0.0417. The summed E-state index contributed by atoms with van der Waals surface area (Å²) in [4.78, 5) is 4.94. The molecule has 0 bridgehead atoms. The Morgan fingerprint density at radius 1 is 0.380 bits per heavy atom. The molecule has 2 atom stereocenters. The standard InChI is InChI=1S/C48H36N2/c1-3-15-35(16-4-1)37-27-31-39(32-28-37)49(40-33-29-38(30-34-40)36-17-5-2-6-18-36)45-23-11-7-19-41(45)42-20-8-12-24-46(42)50-47-25-13-9-21-43(47)44-22-10-14-26-48(44)50/h1-34,43,47H. The number of hydrogen-bond donors (Lipinski definition) is 0. The van der Waals surface area contributed by atoms with Gasteiger partial charge < -0.3 is 9.80 Å². The maximum Gasteiger partial charge on any atom is 0.0629 e. The van der Waals surface area contributed by atoms with Crippen molar-refractivity contribution in [1.82, 2.24) is 0 Å².